The molecule has 1 aliphatic carbocycles. The molecule has 1 aliphatic rings. The summed E-state index contributed by atoms with van der Waals surface area (Å²) < 4.78 is 17.4. The molecule has 0 aliphatic heterocycles. The maximum atomic E-state index is 12.9. The van der Waals surface area contributed by atoms with Gasteiger partial charge in [0.1, 0.15) is 0 Å². The zero-order chi connectivity index (χ0) is 15.9. The van der Waals surface area contributed by atoms with Crippen molar-refractivity contribution in [3.8, 4) is 0 Å². The van der Waals surface area contributed by atoms with E-state index in [1.165, 1.54) is 6.92 Å². The highest BCUT2D eigenvalue weighted by Crippen LogP contribution is 2.24. The van der Waals surface area contributed by atoms with E-state index >= 15 is 0 Å². The minimum absolute atomic E-state index is 0.0445. The summed E-state index contributed by atoms with van der Waals surface area (Å²) in [5.41, 5.74) is -0.360. The van der Waals surface area contributed by atoms with Crippen molar-refractivity contribution in [2.75, 3.05) is 6.61 Å². The Morgan fingerprint density at radius 3 is 2.20 bits per heavy atom. The topological polar surface area (TPSA) is 118 Å². The summed E-state index contributed by atoms with van der Waals surface area (Å²) in [7, 11) is 0. The number of carbonyl (C=O) groups excluding carboxylic acids is 2. The number of allylic oxidation sites excluding steroid dienone is 3. The lowest BCUT2D eigenvalue weighted by Crippen LogP contribution is -2.32. The first-order chi connectivity index (χ1) is 9.22. The SMILES string of the molecule is CC(=O)O.CCOC(=O)C1=CC=C(F)C(=O)C1C(=O)O. The van der Waals surface area contributed by atoms with Crippen LogP contribution in [0.15, 0.2) is 23.6 Å². The molecular weight excluding hydrogens is 275 g/mol. The Balaban J connectivity index is 0.000000796. The van der Waals surface area contributed by atoms with Crippen molar-refractivity contribution >= 4 is 23.7 Å². The molecule has 1 atom stereocenters. The molecule has 0 amide bonds. The summed E-state index contributed by atoms with van der Waals surface area (Å²) in [6.45, 7) is 2.66. The van der Waals surface area contributed by atoms with Crippen LogP contribution in [-0.2, 0) is 23.9 Å². The number of ketones is 1. The van der Waals surface area contributed by atoms with Gasteiger partial charge in [0.2, 0.25) is 5.78 Å². The largest absolute Gasteiger partial charge is 0.481 e. The number of halogens is 1. The van der Waals surface area contributed by atoms with Gasteiger partial charge in [-0.05, 0) is 19.1 Å². The molecule has 2 N–H and O–H groups in total. The van der Waals surface area contributed by atoms with Gasteiger partial charge in [0.05, 0.1) is 12.2 Å². The highest BCUT2D eigenvalue weighted by Gasteiger charge is 2.38. The normalized spacial score (nSPS) is 17.1. The predicted molar refractivity (Wildman–Crippen MR) is 63.3 cm³/mol. The standard InChI is InChI=1S/C10H9FO5.C2H4O2/c1-2-16-10(15)5-3-4-6(11)8(12)7(5)9(13)14;1-2(3)4/h3-4,7H,2H2,1H3,(H,13,14);1H3,(H,3,4). The van der Waals surface area contributed by atoms with Crippen LogP contribution in [0.5, 0.6) is 0 Å². The van der Waals surface area contributed by atoms with Crippen molar-refractivity contribution in [3.63, 3.8) is 0 Å². The van der Waals surface area contributed by atoms with Crippen molar-refractivity contribution in [2.45, 2.75) is 13.8 Å². The average Bonchev–Trinajstić information content (AvgIpc) is 2.31. The van der Waals surface area contributed by atoms with Crippen LogP contribution in [0.3, 0.4) is 0 Å². The number of hydrogen-bond donors (Lipinski definition) is 2. The molecule has 0 aromatic heterocycles. The van der Waals surface area contributed by atoms with Crippen molar-refractivity contribution in [2.24, 2.45) is 5.92 Å². The van der Waals surface area contributed by atoms with Gasteiger partial charge in [-0.15, -0.1) is 0 Å². The molecule has 1 unspecified atom stereocenters. The Morgan fingerprint density at radius 1 is 1.30 bits per heavy atom. The molecule has 20 heavy (non-hydrogen) atoms. The Hall–Kier alpha value is -2.51. The fraction of sp³-hybridized carbons (Fsp3) is 0.333. The number of carbonyl (C=O) groups is 4. The molecule has 0 aromatic rings. The van der Waals surface area contributed by atoms with E-state index in [2.05, 4.69) is 4.74 Å². The van der Waals surface area contributed by atoms with Gasteiger partial charge < -0.3 is 14.9 Å². The Labute approximate surface area is 113 Å². The van der Waals surface area contributed by atoms with E-state index in [1.54, 1.807) is 0 Å². The smallest absolute Gasteiger partial charge is 0.335 e. The van der Waals surface area contributed by atoms with Crippen LogP contribution < -0.4 is 0 Å². The molecule has 0 bridgehead atoms. The molecule has 1 rings (SSSR count). The zero-order valence-corrected chi connectivity index (χ0v) is 10.8. The van der Waals surface area contributed by atoms with Gasteiger partial charge >= 0.3 is 11.9 Å². The number of Topliss-reactive ketones (excluding diaryl/α,β-unsaturated/α-hetero) is 1. The fourth-order valence-corrected chi connectivity index (χ4v) is 1.27. The van der Waals surface area contributed by atoms with E-state index in [0.717, 1.165) is 19.1 Å². The van der Waals surface area contributed by atoms with Crippen LogP contribution >= 0.6 is 0 Å². The number of rotatable bonds is 3. The molecule has 0 radical (unpaired) electrons. The van der Waals surface area contributed by atoms with E-state index in [1.807, 2.05) is 0 Å². The van der Waals surface area contributed by atoms with Gasteiger partial charge in [0, 0.05) is 6.92 Å². The van der Waals surface area contributed by atoms with Crippen LogP contribution in [-0.4, -0.2) is 40.5 Å². The zero-order valence-electron chi connectivity index (χ0n) is 10.8. The fourth-order valence-electron chi connectivity index (χ4n) is 1.27. The van der Waals surface area contributed by atoms with Crippen molar-refractivity contribution in [1.82, 2.24) is 0 Å². The van der Waals surface area contributed by atoms with Crippen molar-refractivity contribution in [3.05, 3.63) is 23.6 Å². The Kier molecular flexibility index (Phi) is 6.84. The van der Waals surface area contributed by atoms with Crippen molar-refractivity contribution < 1.29 is 38.5 Å². The maximum absolute atomic E-state index is 12.9. The molecule has 0 fully saturated rings. The summed E-state index contributed by atoms with van der Waals surface area (Å²) in [5.74, 6) is -7.57. The summed E-state index contributed by atoms with van der Waals surface area (Å²) in [4.78, 5) is 42.3. The first-order valence-corrected chi connectivity index (χ1v) is 5.43. The van der Waals surface area contributed by atoms with Crippen LogP contribution in [0.4, 0.5) is 4.39 Å². The molecule has 7 nitrogen and oxygen atoms in total. The van der Waals surface area contributed by atoms with Crippen LogP contribution in [0.1, 0.15) is 13.8 Å². The number of ether oxygens (including phenoxy) is 1. The summed E-state index contributed by atoms with van der Waals surface area (Å²) in [6.07, 6.45) is 1.71. The van der Waals surface area contributed by atoms with Crippen LogP contribution in [0, 0.1) is 5.92 Å². The lowest BCUT2D eigenvalue weighted by molar-refractivity contribution is -0.149. The second-order valence-electron chi connectivity index (χ2n) is 3.51. The van der Waals surface area contributed by atoms with E-state index < -0.39 is 35.4 Å². The lowest BCUT2D eigenvalue weighted by atomic mass is 9.90. The molecule has 0 saturated heterocycles. The van der Waals surface area contributed by atoms with Gasteiger partial charge in [0.25, 0.3) is 5.97 Å². The maximum Gasteiger partial charge on any atom is 0.335 e. The highest BCUT2D eigenvalue weighted by molar-refractivity contribution is 6.15. The molecule has 0 aromatic carbocycles. The first kappa shape index (κ1) is 17.5. The minimum Gasteiger partial charge on any atom is -0.481 e. The van der Waals surface area contributed by atoms with E-state index in [9.17, 15) is 18.8 Å². The summed E-state index contributed by atoms with van der Waals surface area (Å²) in [6, 6.07) is 0. The highest BCUT2D eigenvalue weighted by atomic mass is 19.1. The molecule has 0 spiro atoms. The Bertz CT molecular complexity index is 486. The summed E-state index contributed by atoms with van der Waals surface area (Å²) >= 11 is 0. The van der Waals surface area contributed by atoms with E-state index in [4.69, 9.17) is 15.0 Å². The van der Waals surface area contributed by atoms with E-state index in [-0.39, 0.29) is 12.2 Å². The van der Waals surface area contributed by atoms with Gasteiger partial charge in [-0.3, -0.25) is 14.4 Å². The second-order valence-corrected chi connectivity index (χ2v) is 3.51. The summed E-state index contributed by atoms with van der Waals surface area (Å²) in [5, 5.41) is 16.2. The molecule has 0 heterocycles. The van der Waals surface area contributed by atoms with Crippen molar-refractivity contribution in [1.29, 1.82) is 0 Å². The van der Waals surface area contributed by atoms with Crippen LogP contribution in [0.2, 0.25) is 0 Å². The average molecular weight is 288 g/mol. The predicted octanol–water partition coefficient (Wildman–Crippen LogP) is 0.704. The number of aliphatic carboxylic acids is 2. The minimum atomic E-state index is -1.82. The number of esters is 1. The quantitative estimate of drug-likeness (QED) is 0.579. The van der Waals surface area contributed by atoms with Gasteiger partial charge in [0.15, 0.2) is 11.7 Å². The number of carboxylic acid groups (broad SMARTS) is 2. The molecule has 8 heteroatoms. The molecule has 0 saturated carbocycles. The van der Waals surface area contributed by atoms with Gasteiger partial charge in [-0.1, -0.05) is 0 Å². The molecular formula is C12H13FO7. The monoisotopic (exact) mass is 288 g/mol. The third kappa shape index (κ3) is 5.01. The third-order valence-electron chi connectivity index (χ3n) is 1.98. The second kappa shape index (κ2) is 7.82. The number of hydrogen-bond acceptors (Lipinski definition) is 5. The van der Waals surface area contributed by atoms with Gasteiger partial charge in [-0.2, -0.15) is 0 Å². The van der Waals surface area contributed by atoms with E-state index in [0.29, 0.717) is 0 Å². The first-order valence-electron chi connectivity index (χ1n) is 5.43. The third-order valence-corrected chi connectivity index (χ3v) is 1.98. The number of carboxylic acids is 2. The lowest BCUT2D eigenvalue weighted by Gasteiger charge is -2.15. The van der Waals surface area contributed by atoms with Crippen LogP contribution in [0.25, 0.3) is 0 Å². The molecule has 110 valence electrons. The Morgan fingerprint density at radius 2 is 1.80 bits per heavy atom. The van der Waals surface area contributed by atoms with Gasteiger partial charge in [-0.25, -0.2) is 9.18 Å².